The summed E-state index contributed by atoms with van der Waals surface area (Å²) in [5, 5.41) is 8.58. The lowest BCUT2D eigenvalue weighted by molar-refractivity contribution is -0.126. The number of hydrogen-bond donors (Lipinski definition) is 1. The van der Waals surface area contributed by atoms with Gasteiger partial charge in [0.1, 0.15) is 19.0 Å². The van der Waals surface area contributed by atoms with Crippen molar-refractivity contribution in [1.82, 2.24) is 4.31 Å². The Morgan fingerprint density at radius 3 is 2.30 bits per heavy atom. The first kappa shape index (κ1) is 19.6. The van der Waals surface area contributed by atoms with Crippen molar-refractivity contribution in [2.45, 2.75) is 18.7 Å². The number of aliphatic hydroxyl groups excluding tert-OH is 1. The molecule has 1 aromatic carbocycles. The maximum atomic E-state index is 12.7. The van der Waals surface area contributed by atoms with Gasteiger partial charge >= 0.3 is 0 Å². The van der Waals surface area contributed by atoms with Gasteiger partial charge in [-0.25, -0.2) is 8.42 Å². The first-order valence-corrected chi connectivity index (χ1v) is 8.50. The van der Waals surface area contributed by atoms with Gasteiger partial charge in [0.25, 0.3) is 0 Å². The number of aryl methyl sites for hydroxylation is 2. The van der Waals surface area contributed by atoms with E-state index in [4.69, 9.17) is 14.6 Å². The molecule has 1 N–H and O–H groups in total. The summed E-state index contributed by atoms with van der Waals surface area (Å²) in [4.78, 5) is 11.1. The lowest BCUT2D eigenvalue weighted by Crippen LogP contribution is -2.31. The molecule has 0 fully saturated rings. The van der Waals surface area contributed by atoms with Crippen molar-refractivity contribution < 1.29 is 27.8 Å². The van der Waals surface area contributed by atoms with Crippen molar-refractivity contribution >= 4 is 15.8 Å². The molecule has 130 valence electrons. The molecule has 1 rings (SSSR count). The Morgan fingerprint density at radius 1 is 1.26 bits per heavy atom. The minimum Gasteiger partial charge on any atom is -0.497 e. The third-order valence-electron chi connectivity index (χ3n) is 3.33. The molecule has 7 nitrogen and oxygen atoms in total. The molecule has 0 aliphatic carbocycles. The quantitative estimate of drug-likeness (QED) is 0.656. The second-order valence-electron chi connectivity index (χ2n) is 5.17. The lowest BCUT2D eigenvalue weighted by atomic mass is 10.1. The Morgan fingerprint density at radius 2 is 1.83 bits per heavy atom. The number of rotatable bonds is 9. The second kappa shape index (κ2) is 8.39. The normalized spacial score (nSPS) is 11.7. The Labute approximate surface area is 136 Å². The number of carbonyl (C=O) groups excluding carboxylic acids is 1. The van der Waals surface area contributed by atoms with Gasteiger partial charge in [0, 0.05) is 13.6 Å². The SMILES string of the molecule is COc1cc(C)c(S(=O)(=O)N(C)CCOCC(=O)CO)c(C)c1. The van der Waals surface area contributed by atoms with Gasteiger partial charge in [-0.3, -0.25) is 4.79 Å². The number of likely N-dealkylation sites (N-methyl/N-ethyl adjacent to an activating group) is 1. The van der Waals surface area contributed by atoms with Crippen LogP contribution in [0.1, 0.15) is 11.1 Å². The Bertz CT molecular complexity index is 633. The summed E-state index contributed by atoms with van der Waals surface area (Å²) in [6, 6.07) is 3.34. The molecule has 8 heteroatoms. The summed E-state index contributed by atoms with van der Waals surface area (Å²) in [6.07, 6.45) is 0. The molecule has 0 saturated heterocycles. The molecule has 0 heterocycles. The van der Waals surface area contributed by atoms with Crippen LogP contribution in [0.15, 0.2) is 17.0 Å². The number of ketones is 1. The molecule has 0 atom stereocenters. The van der Waals surface area contributed by atoms with Gasteiger partial charge in [0.15, 0.2) is 5.78 Å². The average Bonchev–Trinajstić information content (AvgIpc) is 2.49. The average molecular weight is 345 g/mol. The largest absolute Gasteiger partial charge is 0.497 e. The van der Waals surface area contributed by atoms with E-state index in [2.05, 4.69) is 0 Å². The fourth-order valence-corrected chi connectivity index (χ4v) is 3.69. The summed E-state index contributed by atoms with van der Waals surface area (Å²) >= 11 is 0. The van der Waals surface area contributed by atoms with Crippen LogP contribution in [0, 0.1) is 13.8 Å². The van der Waals surface area contributed by atoms with Crippen LogP contribution in [-0.4, -0.2) is 64.1 Å². The van der Waals surface area contributed by atoms with E-state index >= 15 is 0 Å². The summed E-state index contributed by atoms with van der Waals surface area (Å²) in [5.41, 5.74) is 1.20. The van der Waals surface area contributed by atoms with Gasteiger partial charge in [0.2, 0.25) is 10.0 Å². The van der Waals surface area contributed by atoms with E-state index in [0.717, 1.165) is 0 Å². The highest BCUT2D eigenvalue weighted by molar-refractivity contribution is 7.89. The van der Waals surface area contributed by atoms with Crippen molar-refractivity contribution in [2.75, 3.05) is 40.5 Å². The minimum atomic E-state index is -3.67. The van der Waals surface area contributed by atoms with Crippen molar-refractivity contribution in [3.05, 3.63) is 23.3 Å². The van der Waals surface area contributed by atoms with Gasteiger partial charge < -0.3 is 14.6 Å². The number of aliphatic hydroxyl groups is 1. The Hall–Kier alpha value is -1.48. The third-order valence-corrected chi connectivity index (χ3v) is 5.49. The summed E-state index contributed by atoms with van der Waals surface area (Å²) in [6.45, 7) is 2.78. The van der Waals surface area contributed by atoms with Gasteiger partial charge in [-0.1, -0.05) is 0 Å². The zero-order chi connectivity index (χ0) is 17.6. The minimum absolute atomic E-state index is 0.0652. The predicted octanol–water partition coefficient (Wildman–Crippen LogP) is 0.511. The van der Waals surface area contributed by atoms with Crippen molar-refractivity contribution in [3.8, 4) is 5.75 Å². The number of methoxy groups -OCH3 is 1. The highest BCUT2D eigenvalue weighted by Gasteiger charge is 2.25. The van der Waals surface area contributed by atoms with Crippen LogP contribution in [0.3, 0.4) is 0 Å². The van der Waals surface area contributed by atoms with Crippen molar-refractivity contribution in [3.63, 3.8) is 0 Å². The third kappa shape index (κ3) is 5.00. The number of Topliss-reactive ketones (excluding diaryl/α,β-unsaturated/α-hetero) is 1. The van der Waals surface area contributed by atoms with Crippen LogP contribution in [0.25, 0.3) is 0 Å². The second-order valence-corrected chi connectivity index (χ2v) is 7.15. The Balaban J connectivity index is 2.84. The maximum absolute atomic E-state index is 12.7. The smallest absolute Gasteiger partial charge is 0.243 e. The fourth-order valence-electron chi connectivity index (χ4n) is 2.14. The number of benzene rings is 1. The number of nitrogens with zero attached hydrogens (tertiary/aromatic N) is 1. The lowest BCUT2D eigenvalue weighted by Gasteiger charge is -2.20. The maximum Gasteiger partial charge on any atom is 0.243 e. The predicted molar refractivity (Wildman–Crippen MR) is 85.2 cm³/mol. The fraction of sp³-hybridized carbons (Fsp3) is 0.533. The van der Waals surface area contributed by atoms with E-state index in [9.17, 15) is 13.2 Å². The molecule has 0 unspecified atom stereocenters. The zero-order valence-corrected chi connectivity index (χ0v) is 14.6. The molecular weight excluding hydrogens is 322 g/mol. The van der Waals surface area contributed by atoms with E-state index in [-0.39, 0.29) is 24.7 Å². The summed E-state index contributed by atoms with van der Waals surface area (Å²) < 4.78 is 36.7. The monoisotopic (exact) mass is 345 g/mol. The van der Waals surface area contributed by atoms with Crippen LogP contribution < -0.4 is 4.74 Å². The van der Waals surface area contributed by atoms with Crippen LogP contribution in [0.5, 0.6) is 5.75 Å². The molecule has 23 heavy (non-hydrogen) atoms. The zero-order valence-electron chi connectivity index (χ0n) is 13.8. The molecular formula is C15H23NO6S. The first-order chi connectivity index (χ1) is 10.7. The van der Waals surface area contributed by atoms with E-state index in [0.29, 0.717) is 16.9 Å². The number of carbonyl (C=O) groups is 1. The summed E-state index contributed by atoms with van der Waals surface area (Å²) in [5.74, 6) is 0.157. The van der Waals surface area contributed by atoms with E-state index in [1.165, 1.54) is 18.5 Å². The molecule has 0 aliphatic heterocycles. The van der Waals surface area contributed by atoms with Crippen LogP contribution in [-0.2, 0) is 19.6 Å². The topological polar surface area (TPSA) is 93.1 Å². The van der Waals surface area contributed by atoms with Gasteiger partial charge in [-0.05, 0) is 37.1 Å². The van der Waals surface area contributed by atoms with Gasteiger partial charge in [-0.15, -0.1) is 0 Å². The van der Waals surface area contributed by atoms with Crippen molar-refractivity contribution in [1.29, 1.82) is 0 Å². The molecule has 0 radical (unpaired) electrons. The highest BCUT2D eigenvalue weighted by atomic mass is 32.2. The molecule has 0 amide bonds. The molecule has 0 aromatic heterocycles. The first-order valence-electron chi connectivity index (χ1n) is 7.06. The molecule has 0 bridgehead atoms. The molecule has 0 spiro atoms. The highest BCUT2D eigenvalue weighted by Crippen LogP contribution is 2.27. The van der Waals surface area contributed by atoms with E-state index in [1.807, 2.05) is 0 Å². The number of hydrogen-bond acceptors (Lipinski definition) is 6. The van der Waals surface area contributed by atoms with Crippen molar-refractivity contribution in [2.24, 2.45) is 0 Å². The van der Waals surface area contributed by atoms with Gasteiger partial charge in [-0.2, -0.15) is 4.31 Å². The van der Waals surface area contributed by atoms with Crippen LogP contribution in [0.2, 0.25) is 0 Å². The molecule has 1 aromatic rings. The number of sulfonamides is 1. The number of ether oxygens (including phenoxy) is 2. The molecule has 0 saturated carbocycles. The van der Waals surface area contributed by atoms with E-state index < -0.39 is 22.4 Å². The van der Waals surface area contributed by atoms with Crippen LogP contribution in [0.4, 0.5) is 0 Å². The molecule has 0 aliphatic rings. The Kier molecular flexibility index (Phi) is 7.14. The summed E-state index contributed by atoms with van der Waals surface area (Å²) in [7, 11) is -0.687. The van der Waals surface area contributed by atoms with Crippen LogP contribution >= 0.6 is 0 Å². The van der Waals surface area contributed by atoms with E-state index in [1.54, 1.807) is 26.0 Å². The standard InChI is InChI=1S/C15H23NO6S/c1-11-7-14(21-4)8-12(2)15(11)23(19,20)16(3)5-6-22-10-13(18)9-17/h7-8,17H,5-6,9-10H2,1-4H3. The van der Waals surface area contributed by atoms with Gasteiger partial charge in [0.05, 0.1) is 18.6 Å².